The molecular weight excluding hydrogens is 336 g/mol. The molecule has 0 aliphatic carbocycles. The average molecular weight is 359 g/mol. The molecule has 0 saturated carbocycles. The summed E-state index contributed by atoms with van der Waals surface area (Å²) in [6.45, 7) is 2.23. The van der Waals surface area contributed by atoms with E-state index in [-0.39, 0.29) is 5.92 Å². The summed E-state index contributed by atoms with van der Waals surface area (Å²) in [6, 6.07) is 16.5. The van der Waals surface area contributed by atoms with E-state index in [1.165, 1.54) is 31.2 Å². The fourth-order valence-corrected chi connectivity index (χ4v) is 2.93. The van der Waals surface area contributed by atoms with Crippen molar-refractivity contribution in [2.24, 2.45) is 0 Å². The zero-order valence-electron chi connectivity index (χ0n) is 13.1. The van der Waals surface area contributed by atoms with Crippen LogP contribution in [0.25, 0.3) is 0 Å². The molecule has 0 aliphatic rings. The van der Waals surface area contributed by atoms with Gasteiger partial charge in [0, 0.05) is 4.47 Å². The summed E-state index contributed by atoms with van der Waals surface area (Å²) in [4.78, 5) is 11.5. The Morgan fingerprint density at radius 3 is 2.05 bits per heavy atom. The van der Waals surface area contributed by atoms with Crippen molar-refractivity contribution >= 4 is 22.2 Å². The highest BCUT2D eigenvalue weighted by molar-refractivity contribution is 9.10. The summed E-state index contributed by atoms with van der Waals surface area (Å²) >= 11 is 3.43. The highest BCUT2D eigenvalue weighted by Gasteiger charge is 2.12. The maximum Gasteiger partial charge on any atom is 0.131 e. The first-order valence-corrected chi connectivity index (χ1v) is 8.83. The van der Waals surface area contributed by atoms with Gasteiger partial charge >= 0.3 is 0 Å². The maximum absolute atomic E-state index is 11.5. The largest absolute Gasteiger partial charge is 0.302 e. The lowest BCUT2D eigenvalue weighted by molar-refractivity contribution is -0.108. The van der Waals surface area contributed by atoms with E-state index in [2.05, 4.69) is 47.1 Å². The highest BCUT2D eigenvalue weighted by atomic mass is 79.9. The number of hydrogen-bond acceptors (Lipinski definition) is 1. The van der Waals surface area contributed by atoms with E-state index in [4.69, 9.17) is 0 Å². The summed E-state index contributed by atoms with van der Waals surface area (Å²) in [5, 5.41) is 0. The van der Waals surface area contributed by atoms with Crippen molar-refractivity contribution in [3.63, 3.8) is 0 Å². The first-order chi connectivity index (χ1) is 10.7. The molecule has 2 heteroatoms. The normalized spacial score (nSPS) is 12.1. The standard InChI is InChI=1S/C20H23BrO/c1-2-3-4-5-6-16-7-9-17(10-8-16)20(15-22)18-11-13-19(21)14-12-18/h7-15,20H,2-6H2,1H3. The van der Waals surface area contributed by atoms with Crippen molar-refractivity contribution in [2.75, 3.05) is 0 Å². The van der Waals surface area contributed by atoms with Crippen molar-refractivity contribution in [3.8, 4) is 0 Å². The minimum Gasteiger partial charge on any atom is -0.302 e. The molecule has 1 atom stereocenters. The molecule has 0 amide bonds. The molecule has 1 unspecified atom stereocenters. The van der Waals surface area contributed by atoms with Crippen molar-refractivity contribution in [3.05, 3.63) is 69.7 Å². The van der Waals surface area contributed by atoms with E-state index in [0.717, 1.165) is 28.3 Å². The Morgan fingerprint density at radius 1 is 0.909 bits per heavy atom. The molecule has 2 aromatic carbocycles. The van der Waals surface area contributed by atoms with Crippen LogP contribution in [0.1, 0.15) is 55.2 Å². The van der Waals surface area contributed by atoms with Gasteiger partial charge in [-0.25, -0.2) is 0 Å². The second-order valence-electron chi connectivity index (χ2n) is 5.72. The number of benzene rings is 2. The smallest absolute Gasteiger partial charge is 0.131 e. The van der Waals surface area contributed by atoms with Crippen LogP contribution in [-0.4, -0.2) is 6.29 Å². The van der Waals surface area contributed by atoms with Crippen molar-refractivity contribution in [2.45, 2.75) is 44.9 Å². The molecule has 2 rings (SSSR count). The molecule has 0 N–H and O–H groups in total. The fourth-order valence-electron chi connectivity index (χ4n) is 2.67. The molecule has 0 radical (unpaired) electrons. The SMILES string of the molecule is CCCCCCc1ccc(C(C=O)c2ccc(Br)cc2)cc1. The van der Waals surface area contributed by atoms with E-state index >= 15 is 0 Å². The number of rotatable bonds is 8. The number of hydrogen-bond donors (Lipinski definition) is 0. The van der Waals surface area contributed by atoms with Crippen LogP contribution < -0.4 is 0 Å². The Bertz CT molecular complexity index is 572. The van der Waals surface area contributed by atoms with Gasteiger partial charge in [0.15, 0.2) is 0 Å². The van der Waals surface area contributed by atoms with Crippen LogP contribution in [0.15, 0.2) is 53.0 Å². The van der Waals surface area contributed by atoms with E-state index in [0.29, 0.717) is 0 Å². The first kappa shape index (κ1) is 17.0. The Balaban J connectivity index is 2.04. The molecule has 2 aromatic rings. The molecule has 0 aliphatic heterocycles. The minimum absolute atomic E-state index is 0.178. The van der Waals surface area contributed by atoms with Crippen molar-refractivity contribution in [1.29, 1.82) is 0 Å². The van der Waals surface area contributed by atoms with Gasteiger partial charge in [0.1, 0.15) is 6.29 Å². The minimum atomic E-state index is -0.178. The van der Waals surface area contributed by atoms with Crippen LogP contribution >= 0.6 is 15.9 Å². The second-order valence-corrected chi connectivity index (χ2v) is 6.63. The van der Waals surface area contributed by atoms with E-state index in [1.54, 1.807) is 0 Å². The molecule has 0 spiro atoms. The van der Waals surface area contributed by atoms with Crippen LogP contribution in [0, 0.1) is 0 Å². The molecular formula is C20H23BrO. The zero-order chi connectivity index (χ0) is 15.8. The monoisotopic (exact) mass is 358 g/mol. The Kier molecular flexibility index (Phi) is 6.85. The lowest BCUT2D eigenvalue weighted by Gasteiger charge is -2.12. The summed E-state index contributed by atoms with van der Waals surface area (Å²) in [5.74, 6) is -0.178. The summed E-state index contributed by atoms with van der Waals surface area (Å²) in [7, 11) is 0. The van der Waals surface area contributed by atoms with Crippen LogP contribution in [0.2, 0.25) is 0 Å². The summed E-state index contributed by atoms with van der Waals surface area (Å²) in [5.41, 5.74) is 3.46. The number of aldehydes is 1. The quantitative estimate of drug-likeness (QED) is 0.423. The molecule has 22 heavy (non-hydrogen) atoms. The van der Waals surface area contributed by atoms with Crippen LogP contribution in [-0.2, 0) is 11.2 Å². The van der Waals surface area contributed by atoms with E-state index in [9.17, 15) is 4.79 Å². The Morgan fingerprint density at radius 2 is 1.50 bits per heavy atom. The third-order valence-corrected chi connectivity index (χ3v) is 4.55. The van der Waals surface area contributed by atoms with Crippen molar-refractivity contribution < 1.29 is 4.79 Å². The number of carbonyl (C=O) groups is 1. The number of carbonyl (C=O) groups excluding carboxylic acids is 1. The number of halogens is 1. The Hall–Kier alpha value is -1.41. The second kappa shape index (κ2) is 8.89. The molecule has 0 fully saturated rings. The average Bonchev–Trinajstić information content (AvgIpc) is 2.55. The molecule has 0 heterocycles. The first-order valence-electron chi connectivity index (χ1n) is 8.04. The highest BCUT2D eigenvalue weighted by Crippen LogP contribution is 2.25. The zero-order valence-corrected chi connectivity index (χ0v) is 14.7. The van der Waals surface area contributed by atoms with Gasteiger partial charge in [0.2, 0.25) is 0 Å². The summed E-state index contributed by atoms with van der Waals surface area (Å²) < 4.78 is 1.03. The molecule has 0 saturated heterocycles. The lowest BCUT2D eigenvalue weighted by atomic mass is 9.91. The predicted octanol–water partition coefficient (Wildman–Crippen LogP) is 5.90. The third-order valence-electron chi connectivity index (χ3n) is 4.02. The van der Waals surface area contributed by atoms with E-state index in [1.807, 2.05) is 24.3 Å². The molecule has 1 nitrogen and oxygen atoms in total. The predicted molar refractivity (Wildman–Crippen MR) is 96.3 cm³/mol. The number of unbranched alkanes of at least 4 members (excludes halogenated alkanes) is 3. The third kappa shape index (κ3) is 4.81. The molecule has 116 valence electrons. The molecule has 0 aromatic heterocycles. The Labute approximate surface area is 141 Å². The van der Waals surface area contributed by atoms with Gasteiger partial charge in [-0.2, -0.15) is 0 Å². The molecule has 0 bridgehead atoms. The van der Waals surface area contributed by atoms with Gasteiger partial charge in [-0.1, -0.05) is 78.5 Å². The fraction of sp³-hybridized carbons (Fsp3) is 0.350. The van der Waals surface area contributed by atoms with Gasteiger partial charge in [-0.05, 0) is 41.7 Å². The topological polar surface area (TPSA) is 17.1 Å². The maximum atomic E-state index is 11.5. The van der Waals surface area contributed by atoms with Crippen LogP contribution in [0.5, 0.6) is 0 Å². The summed E-state index contributed by atoms with van der Waals surface area (Å²) in [6.07, 6.45) is 7.29. The number of aryl methyl sites for hydroxylation is 1. The van der Waals surface area contributed by atoms with E-state index < -0.39 is 0 Å². The van der Waals surface area contributed by atoms with Gasteiger partial charge in [-0.15, -0.1) is 0 Å². The van der Waals surface area contributed by atoms with Gasteiger partial charge in [0.25, 0.3) is 0 Å². The lowest BCUT2D eigenvalue weighted by Crippen LogP contribution is -2.02. The van der Waals surface area contributed by atoms with Gasteiger partial charge in [0.05, 0.1) is 5.92 Å². The van der Waals surface area contributed by atoms with Crippen LogP contribution in [0.4, 0.5) is 0 Å². The van der Waals surface area contributed by atoms with Gasteiger partial charge < -0.3 is 4.79 Å². The van der Waals surface area contributed by atoms with Gasteiger partial charge in [-0.3, -0.25) is 0 Å². The van der Waals surface area contributed by atoms with Crippen LogP contribution in [0.3, 0.4) is 0 Å². The van der Waals surface area contributed by atoms with Crippen molar-refractivity contribution in [1.82, 2.24) is 0 Å².